The third-order valence-electron chi connectivity index (χ3n) is 4.80. The van der Waals surface area contributed by atoms with Crippen LogP contribution in [0.2, 0.25) is 9.73 Å². The van der Waals surface area contributed by atoms with Crippen LogP contribution in [0.5, 0.6) is 0 Å². The second-order valence-corrected chi connectivity index (χ2v) is 18.2. The van der Waals surface area contributed by atoms with Crippen molar-refractivity contribution in [1.82, 2.24) is 10.1 Å². The molecule has 2 atom stereocenters. The maximum atomic E-state index is 14.9. The Morgan fingerprint density at radius 1 is 1.18 bits per heavy atom. The number of hydrogen-bond donors (Lipinski definition) is 1. The number of benzene rings is 2. The summed E-state index contributed by atoms with van der Waals surface area (Å²) >= 11 is 2.11. The van der Waals surface area contributed by atoms with Crippen molar-refractivity contribution in [3.05, 3.63) is 65.3 Å². The summed E-state index contributed by atoms with van der Waals surface area (Å²) in [5, 5.41) is 3.37. The summed E-state index contributed by atoms with van der Waals surface area (Å²) in [7, 11) is -4.29. The molecule has 0 bridgehead atoms. The first-order valence-electron chi connectivity index (χ1n) is 9.57. The Kier molecular flexibility index (Phi) is 8.05. The summed E-state index contributed by atoms with van der Waals surface area (Å²) in [6, 6.07) is 8.73. The zero-order valence-corrected chi connectivity index (χ0v) is 20.6. The monoisotopic (exact) mass is 581 g/mol. The Hall–Kier alpha value is -2.43. The third-order valence-corrected chi connectivity index (χ3v) is 17.6. The summed E-state index contributed by atoms with van der Waals surface area (Å²) < 4.78 is 83.5. The zero-order chi connectivity index (χ0) is 25.1. The molecule has 34 heavy (non-hydrogen) atoms. The van der Waals surface area contributed by atoms with Crippen LogP contribution in [0.15, 0.2) is 58.3 Å². The van der Waals surface area contributed by atoms with Crippen molar-refractivity contribution >= 4 is 39.1 Å². The van der Waals surface area contributed by atoms with Crippen LogP contribution >= 0.6 is 11.6 Å². The fraction of sp³-hybridized carbons (Fsp3) is 0.250. The molecule has 1 unspecified atom stereocenters. The number of carbonyl (C=O) groups excluding carboxylic acids is 1. The number of nitrogens with zero attached hydrogens (tertiary/aromatic N) is 2. The number of rotatable bonds is 9. The van der Waals surface area contributed by atoms with E-state index in [0.717, 1.165) is 12.5 Å². The Morgan fingerprint density at radius 2 is 1.85 bits per heavy atom. The van der Waals surface area contributed by atoms with Gasteiger partial charge in [0.25, 0.3) is 0 Å². The molecule has 2 N–H and O–H groups in total. The van der Waals surface area contributed by atoms with Crippen molar-refractivity contribution < 1.29 is 35.3 Å². The number of amides is 1. The van der Waals surface area contributed by atoms with E-state index in [4.69, 9.17) is 17.3 Å². The van der Waals surface area contributed by atoms with Gasteiger partial charge in [0.15, 0.2) is 0 Å². The molecule has 7 nitrogen and oxygen atoms in total. The van der Waals surface area contributed by atoms with Crippen LogP contribution in [0.25, 0.3) is 11.4 Å². The van der Waals surface area contributed by atoms with Crippen LogP contribution < -0.4 is 5.73 Å². The molecular weight excluding hydrogens is 565 g/mol. The molecule has 14 heteroatoms. The molecular formula is C20H17AsClF4N3O4S. The fourth-order valence-electron chi connectivity index (χ4n) is 3.11. The van der Waals surface area contributed by atoms with Crippen molar-refractivity contribution in [3.8, 4) is 11.4 Å². The van der Waals surface area contributed by atoms with E-state index in [2.05, 4.69) is 14.7 Å². The number of halogens is 5. The molecule has 0 fully saturated rings. The first-order valence-corrected chi connectivity index (χ1v) is 16.1. The molecule has 0 aliphatic heterocycles. The van der Waals surface area contributed by atoms with E-state index in [-0.39, 0.29) is 26.9 Å². The molecule has 3 aromatic rings. The molecule has 2 aromatic carbocycles. The Labute approximate surface area is 200 Å². The van der Waals surface area contributed by atoms with Crippen LogP contribution in [-0.4, -0.2) is 44.1 Å². The van der Waals surface area contributed by atoms with Gasteiger partial charge in [-0.1, -0.05) is 0 Å². The van der Waals surface area contributed by atoms with Crippen LogP contribution in [0.3, 0.4) is 0 Å². The minimum atomic E-state index is -4.63. The number of carbonyl (C=O) groups is 1. The van der Waals surface area contributed by atoms with Gasteiger partial charge in [0.2, 0.25) is 0 Å². The van der Waals surface area contributed by atoms with E-state index in [1.165, 1.54) is 36.4 Å². The second kappa shape index (κ2) is 10.5. The van der Waals surface area contributed by atoms with Gasteiger partial charge < -0.3 is 0 Å². The summed E-state index contributed by atoms with van der Waals surface area (Å²) in [4.78, 5) is 15.7. The van der Waals surface area contributed by atoms with Gasteiger partial charge in [-0.15, -0.1) is 0 Å². The standard InChI is InChI=1S/C20H17AsClF4N3O4S/c22-14-3-5-15(6-4-14)34(31,32)21(16(18(27)30)7-8-20(24,25)26)10-13-2-1-12(9-17(13)23)19-28-11-33-29-19/h1-6,9,11,16H,7-8,10H2,(H2,27,30)/t16-,21?/m1/s1. The average molecular weight is 582 g/mol. The van der Waals surface area contributed by atoms with Crippen molar-refractivity contribution in [2.75, 3.05) is 0 Å². The van der Waals surface area contributed by atoms with E-state index in [1.807, 2.05) is 0 Å². The van der Waals surface area contributed by atoms with E-state index < -0.39 is 62.3 Å². The van der Waals surface area contributed by atoms with E-state index in [9.17, 15) is 30.8 Å². The molecule has 0 saturated heterocycles. The van der Waals surface area contributed by atoms with Gasteiger partial charge in [0.1, 0.15) is 0 Å². The predicted molar refractivity (Wildman–Crippen MR) is 116 cm³/mol. The number of hydrogen-bond acceptors (Lipinski definition) is 6. The van der Waals surface area contributed by atoms with Crippen molar-refractivity contribution in [1.29, 1.82) is 0 Å². The van der Waals surface area contributed by atoms with Gasteiger partial charge in [0, 0.05) is 0 Å². The number of nitrogens with two attached hydrogens (primary N) is 1. The molecule has 1 amide bonds. The van der Waals surface area contributed by atoms with Crippen molar-refractivity contribution in [3.63, 3.8) is 0 Å². The summed E-state index contributed by atoms with van der Waals surface area (Å²) in [6.45, 7) is 0. The quantitative estimate of drug-likeness (QED) is 0.298. The Bertz CT molecular complexity index is 1260. The first-order chi connectivity index (χ1) is 15.9. The average Bonchev–Trinajstić information content (AvgIpc) is 3.28. The summed E-state index contributed by atoms with van der Waals surface area (Å²) in [6.07, 6.45) is -5.80. The second-order valence-electron chi connectivity index (χ2n) is 7.14. The maximum absolute atomic E-state index is 14.9. The van der Waals surface area contributed by atoms with Crippen molar-refractivity contribution in [2.45, 2.75) is 33.8 Å². The minimum absolute atomic E-state index is 0.0805. The molecule has 182 valence electrons. The molecule has 3 rings (SSSR count). The fourth-order valence-corrected chi connectivity index (χ4v) is 15.1. The number of aromatic nitrogens is 2. The predicted octanol–water partition coefficient (Wildman–Crippen LogP) is 4.27. The van der Waals surface area contributed by atoms with E-state index in [0.29, 0.717) is 0 Å². The van der Waals surface area contributed by atoms with Crippen LogP contribution in [-0.2, 0) is 18.1 Å². The Morgan fingerprint density at radius 3 is 2.38 bits per heavy atom. The molecule has 1 heterocycles. The number of alkyl halides is 3. The Balaban J connectivity index is 2.03. The molecule has 0 saturated carbocycles. The van der Waals surface area contributed by atoms with Crippen LogP contribution in [0.1, 0.15) is 18.4 Å². The summed E-state index contributed by atoms with van der Waals surface area (Å²) in [5.41, 5.74) is 5.54. The molecule has 1 aromatic heterocycles. The third kappa shape index (κ3) is 6.37. The van der Waals surface area contributed by atoms with Gasteiger partial charge in [-0.25, -0.2) is 0 Å². The van der Waals surface area contributed by atoms with Crippen molar-refractivity contribution in [2.24, 2.45) is 5.73 Å². The first kappa shape index (κ1) is 26.2. The topological polar surface area (TPSA) is 116 Å². The van der Waals surface area contributed by atoms with Crippen LogP contribution in [0, 0.1) is 5.82 Å². The molecule has 0 aliphatic rings. The normalized spacial score (nSPS) is 14.0. The van der Waals surface area contributed by atoms with E-state index >= 15 is 0 Å². The molecule has 0 spiro atoms. The number of primary amides is 1. The van der Waals surface area contributed by atoms with Gasteiger partial charge in [-0.05, 0) is 0 Å². The molecule has 0 radical (unpaired) electrons. The summed E-state index contributed by atoms with van der Waals surface area (Å²) in [5.74, 6) is -1.91. The van der Waals surface area contributed by atoms with Crippen LogP contribution in [0.4, 0.5) is 17.6 Å². The van der Waals surface area contributed by atoms with E-state index in [1.54, 1.807) is 0 Å². The SMILES string of the molecule is NC(=O)[C@@H](CCC(F)(F)F)[As](Cc1ccc(-c2ncon2)cc1F)S(=O)(=O)c1ccc(Cl)cc1. The van der Waals surface area contributed by atoms with Gasteiger partial charge >= 0.3 is 201 Å². The molecule has 0 aliphatic carbocycles. The van der Waals surface area contributed by atoms with Gasteiger partial charge in [0.05, 0.1) is 0 Å². The van der Waals surface area contributed by atoms with Gasteiger partial charge in [-0.2, -0.15) is 0 Å². The zero-order valence-electron chi connectivity index (χ0n) is 17.2. The van der Waals surface area contributed by atoms with Gasteiger partial charge in [-0.3, -0.25) is 0 Å².